The van der Waals surface area contributed by atoms with Gasteiger partial charge in [0.1, 0.15) is 0 Å². The number of nitrogens with zero attached hydrogens (tertiary/aromatic N) is 4. The van der Waals surface area contributed by atoms with Crippen LogP contribution in [0.5, 0.6) is 5.75 Å². The number of carbonyl (C=O) groups excluding carboxylic acids is 1. The van der Waals surface area contributed by atoms with E-state index in [2.05, 4.69) is 30.5 Å². The minimum absolute atomic E-state index is 0.227. The van der Waals surface area contributed by atoms with Crippen molar-refractivity contribution in [1.82, 2.24) is 25.2 Å². The lowest BCUT2D eigenvalue weighted by Gasteiger charge is -2.26. The number of hydrogen-bond donors (Lipinski definition) is 2. The lowest BCUT2D eigenvalue weighted by molar-refractivity contribution is 0.0949. The zero-order chi connectivity index (χ0) is 23.6. The Hall–Kier alpha value is -3.59. The highest BCUT2D eigenvalue weighted by Crippen LogP contribution is 2.23. The summed E-state index contributed by atoms with van der Waals surface area (Å²) in [5.74, 6) is -0.264. The van der Waals surface area contributed by atoms with Crippen LogP contribution in [0.1, 0.15) is 41.7 Å². The monoisotopic (exact) mass is 464 g/mol. The highest BCUT2D eigenvalue weighted by Gasteiger charge is 2.11. The number of piperidine rings is 1. The molecule has 3 aromatic rings. The molecule has 178 valence electrons. The van der Waals surface area contributed by atoms with Crippen molar-refractivity contribution in [3.8, 4) is 5.75 Å². The van der Waals surface area contributed by atoms with Gasteiger partial charge in [-0.3, -0.25) is 9.78 Å². The molecule has 0 saturated carbocycles. The van der Waals surface area contributed by atoms with Crippen LogP contribution in [0, 0.1) is 5.82 Å². The van der Waals surface area contributed by atoms with Crippen LogP contribution in [-0.2, 0) is 6.54 Å². The molecule has 0 aliphatic carbocycles. The first-order valence-electron chi connectivity index (χ1n) is 11.6. The molecule has 2 aromatic heterocycles. The number of likely N-dealkylation sites (tertiary alicyclic amines) is 1. The van der Waals surface area contributed by atoms with Crippen LogP contribution in [-0.4, -0.2) is 52.0 Å². The summed E-state index contributed by atoms with van der Waals surface area (Å²) in [5.41, 5.74) is 1.57. The molecule has 1 aromatic carbocycles. The molecule has 0 spiro atoms. The van der Waals surface area contributed by atoms with E-state index in [1.807, 2.05) is 18.2 Å². The fourth-order valence-corrected chi connectivity index (χ4v) is 3.76. The van der Waals surface area contributed by atoms with Gasteiger partial charge in [-0.05, 0) is 56.6 Å². The molecule has 2 N–H and O–H groups in total. The molecule has 1 saturated heterocycles. The Morgan fingerprint density at radius 2 is 1.88 bits per heavy atom. The molecular formula is C25H29FN6O2. The molecule has 0 radical (unpaired) electrons. The van der Waals surface area contributed by atoms with Gasteiger partial charge in [0.2, 0.25) is 5.95 Å². The fraction of sp³-hybridized carbons (Fsp3) is 0.360. The number of hydrogen-bond acceptors (Lipinski definition) is 7. The molecule has 0 atom stereocenters. The molecule has 0 bridgehead atoms. The number of rotatable bonds is 10. The summed E-state index contributed by atoms with van der Waals surface area (Å²) in [6, 6.07) is 10.1. The van der Waals surface area contributed by atoms with Gasteiger partial charge < -0.3 is 20.3 Å². The summed E-state index contributed by atoms with van der Waals surface area (Å²) >= 11 is 0. The summed E-state index contributed by atoms with van der Waals surface area (Å²) in [4.78, 5) is 27.2. The van der Waals surface area contributed by atoms with Crippen LogP contribution in [0.3, 0.4) is 0 Å². The van der Waals surface area contributed by atoms with Crippen molar-refractivity contribution in [3.05, 3.63) is 72.1 Å². The van der Waals surface area contributed by atoms with E-state index in [-0.39, 0.29) is 17.6 Å². The van der Waals surface area contributed by atoms with E-state index in [1.54, 1.807) is 18.3 Å². The summed E-state index contributed by atoms with van der Waals surface area (Å²) < 4.78 is 20.1. The third kappa shape index (κ3) is 6.95. The standard InChI is InChI=1S/C25H29FN6O2/c26-22-15-20(8-9-23(22)34-14-6-13-32-11-4-1-5-12-32)31-25-29-16-19(17-30-25)24(33)28-18-21-7-2-3-10-27-21/h2-3,7-10,15-17H,1,4-6,11-14,18H2,(H,28,33)(H,29,30,31). The molecular weight excluding hydrogens is 435 g/mol. The number of nitrogens with one attached hydrogen (secondary N) is 2. The molecule has 8 nitrogen and oxygen atoms in total. The highest BCUT2D eigenvalue weighted by molar-refractivity contribution is 5.93. The van der Waals surface area contributed by atoms with Gasteiger partial charge in [-0.1, -0.05) is 12.5 Å². The molecule has 34 heavy (non-hydrogen) atoms. The van der Waals surface area contributed by atoms with E-state index < -0.39 is 5.82 Å². The second kappa shape index (κ2) is 12.0. The highest BCUT2D eigenvalue weighted by atomic mass is 19.1. The average molecular weight is 465 g/mol. The Labute approximate surface area is 198 Å². The lowest BCUT2D eigenvalue weighted by atomic mass is 10.1. The molecule has 9 heteroatoms. The van der Waals surface area contributed by atoms with Crippen LogP contribution in [0.4, 0.5) is 16.0 Å². The molecule has 3 heterocycles. The molecule has 1 fully saturated rings. The Kier molecular flexibility index (Phi) is 8.34. The van der Waals surface area contributed by atoms with Crippen LogP contribution in [0.25, 0.3) is 0 Å². The SMILES string of the molecule is O=C(NCc1ccccn1)c1cnc(Nc2ccc(OCCCN3CCCCC3)c(F)c2)nc1. The van der Waals surface area contributed by atoms with Crippen molar-refractivity contribution in [2.45, 2.75) is 32.2 Å². The Bertz CT molecular complexity index is 1060. The van der Waals surface area contributed by atoms with E-state index in [0.29, 0.717) is 24.4 Å². The van der Waals surface area contributed by atoms with Crippen molar-refractivity contribution < 1.29 is 13.9 Å². The topological polar surface area (TPSA) is 92.3 Å². The molecule has 0 unspecified atom stereocenters. The van der Waals surface area contributed by atoms with Crippen molar-refractivity contribution in [1.29, 1.82) is 0 Å². The summed E-state index contributed by atoms with van der Waals surface area (Å²) in [6.45, 7) is 4.07. The number of pyridine rings is 1. The van der Waals surface area contributed by atoms with E-state index in [4.69, 9.17) is 4.74 Å². The van der Waals surface area contributed by atoms with Crippen LogP contribution in [0.15, 0.2) is 55.0 Å². The fourth-order valence-electron chi connectivity index (χ4n) is 3.76. The Morgan fingerprint density at radius 3 is 2.62 bits per heavy atom. The van der Waals surface area contributed by atoms with Crippen LogP contribution >= 0.6 is 0 Å². The first kappa shape index (κ1) is 23.6. The van der Waals surface area contributed by atoms with Gasteiger partial charge in [0.25, 0.3) is 5.91 Å². The molecule has 1 amide bonds. The summed E-state index contributed by atoms with van der Waals surface area (Å²) in [7, 11) is 0. The zero-order valence-corrected chi connectivity index (χ0v) is 19.0. The largest absolute Gasteiger partial charge is 0.490 e. The minimum Gasteiger partial charge on any atom is -0.490 e. The van der Waals surface area contributed by atoms with Crippen LogP contribution < -0.4 is 15.4 Å². The lowest BCUT2D eigenvalue weighted by Crippen LogP contribution is -2.31. The van der Waals surface area contributed by atoms with Crippen molar-refractivity contribution >= 4 is 17.5 Å². The van der Waals surface area contributed by atoms with Gasteiger partial charge in [0.15, 0.2) is 11.6 Å². The van der Waals surface area contributed by atoms with Gasteiger partial charge in [-0.2, -0.15) is 0 Å². The minimum atomic E-state index is -0.450. The van der Waals surface area contributed by atoms with E-state index in [0.717, 1.165) is 31.7 Å². The van der Waals surface area contributed by atoms with E-state index >= 15 is 0 Å². The van der Waals surface area contributed by atoms with Crippen molar-refractivity contribution in [3.63, 3.8) is 0 Å². The zero-order valence-electron chi connectivity index (χ0n) is 19.0. The second-order valence-corrected chi connectivity index (χ2v) is 8.17. The molecule has 4 rings (SSSR count). The third-order valence-corrected chi connectivity index (χ3v) is 5.58. The normalized spacial score (nSPS) is 13.9. The average Bonchev–Trinajstić information content (AvgIpc) is 2.88. The maximum Gasteiger partial charge on any atom is 0.254 e. The number of amides is 1. The summed E-state index contributed by atoms with van der Waals surface area (Å²) in [5, 5.41) is 5.71. The smallest absolute Gasteiger partial charge is 0.254 e. The summed E-state index contributed by atoms with van der Waals surface area (Å²) in [6.07, 6.45) is 9.21. The predicted octanol–water partition coefficient (Wildman–Crippen LogP) is 3.94. The van der Waals surface area contributed by atoms with Gasteiger partial charge in [0, 0.05) is 36.9 Å². The first-order valence-corrected chi connectivity index (χ1v) is 11.6. The number of halogens is 1. The predicted molar refractivity (Wildman–Crippen MR) is 128 cm³/mol. The van der Waals surface area contributed by atoms with Crippen molar-refractivity contribution in [2.75, 3.05) is 31.6 Å². The van der Waals surface area contributed by atoms with Gasteiger partial charge in [0.05, 0.1) is 24.4 Å². The Morgan fingerprint density at radius 1 is 1.06 bits per heavy atom. The maximum absolute atomic E-state index is 14.5. The third-order valence-electron chi connectivity index (χ3n) is 5.58. The number of aromatic nitrogens is 3. The number of anilines is 2. The van der Waals surface area contributed by atoms with Gasteiger partial charge in [-0.15, -0.1) is 0 Å². The number of benzene rings is 1. The number of carbonyl (C=O) groups is 1. The van der Waals surface area contributed by atoms with E-state index in [1.165, 1.54) is 37.7 Å². The Balaban J connectivity index is 1.23. The van der Waals surface area contributed by atoms with Crippen LogP contribution in [0.2, 0.25) is 0 Å². The quantitative estimate of drug-likeness (QED) is 0.439. The van der Waals surface area contributed by atoms with Gasteiger partial charge in [-0.25, -0.2) is 14.4 Å². The molecule has 1 aliphatic heterocycles. The van der Waals surface area contributed by atoms with Crippen molar-refractivity contribution in [2.24, 2.45) is 0 Å². The molecule has 1 aliphatic rings. The first-order chi connectivity index (χ1) is 16.7. The van der Waals surface area contributed by atoms with Gasteiger partial charge >= 0.3 is 0 Å². The second-order valence-electron chi connectivity index (χ2n) is 8.17. The number of ether oxygens (including phenoxy) is 1. The van der Waals surface area contributed by atoms with E-state index in [9.17, 15) is 9.18 Å². The maximum atomic E-state index is 14.5.